The minimum Gasteiger partial charge on any atom is -0.298 e. The van der Waals surface area contributed by atoms with Crippen LogP contribution in [0.15, 0.2) is 54.7 Å². The van der Waals surface area contributed by atoms with Gasteiger partial charge < -0.3 is 0 Å². The van der Waals surface area contributed by atoms with Crippen LogP contribution < -0.4 is 0 Å². The molecule has 0 saturated heterocycles. The van der Waals surface area contributed by atoms with Crippen molar-refractivity contribution in [1.29, 1.82) is 5.26 Å². The molecule has 0 amide bonds. The summed E-state index contributed by atoms with van der Waals surface area (Å²) in [6.45, 7) is 0. The average Bonchev–Trinajstić information content (AvgIpc) is 3.22. The Bertz CT molecular complexity index is 1070. The van der Waals surface area contributed by atoms with Crippen molar-refractivity contribution < 1.29 is 4.79 Å². The van der Waals surface area contributed by atoms with Gasteiger partial charge in [-0.25, -0.2) is 9.50 Å². The van der Waals surface area contributed by atoms with Crippen LogP contribution in [0.25, 0.3) is 26.8 Å². The minimum atomic E-state index is 0.619. The van der Waals surface area contributed by atoms with Crippen molar-refractivity contribution in [3.8, 4) is 27.9 Å². The average molecular weight is 330 g/mol. The molecular weight excluding hydrogens is 320 g/mol. The van der Waals surface area contributed by atoms with E-state index >= 15 is 0 Å². The van der Waals surface area contributed by atoms with Gasteiger partial charge in [0.15, 0.2) is 0 Å². The normalized spacial score (nSPS) is 10.6. The number of nitrogens with zero attached hydrogens (tertiary/aromatic N) is 4. The lowest BCUT2D eigenvalue weighted by Gasteiger charge is -1.99. The predicted molar refractivity (Wildman–Crippen MR) is 91.8 cm³/mol. The molecule has 5 nitrogen and oxygen atoms in total. The van der Waals surface area contributed by atoms with Gasteiger partial charge in [0.25, 0.3) is 0 Å². The van der Waals surface area contributed by atoms with Crippen LogP contribution in [0.2, 0.25) is 0 Å². The zero-order valence-corrected chi connectivity index (χ0v) is 13.2. The summed E-state index contributed by atoms with van der Waals surface area (Å²) in [5, 5.41) is 14.4. The molecule has 0 radical (unpaired) electrons. The molecule has 0 spiro atoms. The van der Waals surface area contributed by atoms with Gasteiger partial charge in [0.1, 0.15) is 11.3 Å². The molecule has 0 fully saturated rings. The number of aromatic nitrogens is 3. The van der Waals surface area contributed by atoms with E-state index in [1.165, 1.54) is 11.3 Å². The number of imidazole rings is 1. The van der Waals surface area contributed by atoms with Gasteiger partial charge in [-0.15, -0.1) is 0 Å². The van der Waals surface area contributed by atoms with Crippen LogP contribution in [0.1, 0.15) is 15.9 Å². The zero-order valence-electron chi connectivity index (χ0n) is 12.4. The molecule has 0 bridgehead atoms. The van der Waals surface area contributed by atoms with Crippen LogP contribution in [0.3, 0.4) is 0 Å². The fourth-order valence-electron chi connectivity index (χ4n) is 2.43. The van der Waals surface area contributed by atoms with Crippen molar-refractivity contribution in [3.63, 3.8) is 0 Å². The highest BCUT2D eigenvalue weighted by molar-refractivity contribution is 7.19. The predicted octanol–water partition coefficient (Wildman–Crippen LogP) is 3.81. The fraction of sp³-hybridized carbons (Fsp3) is 0. The standard InChI is InChI=1S/C18H10N4OS/c19-9-12-1-5-14(6-2-12)16-10-20-18-22(16)21-17(24-18)15-7-3-13(11-23)4-8-15/h1-8,10-11H. The van der Waals surface area contributed by atoms with Crippen LogP contribution in [-0.2, 0) is 0 Å². The smallest absolute Gasteiger partial charge is 0.213 e. The van der Waals surface area contributed by atoms with Crippen LogP contribution in [0, 0.1) is 11.3 Å². The second kappa shape index (κ2) is 5.72. The first-order valence-electron chi connectivity index (χ1n) is 7.19. The summed E-state index contributed by atoms with van der Waals surface area (Å²) in [5.74, 6) is 0. The summed E-state index contributed by atoms with van der Waals surface area (Å²) in [6.07, 6.45) is 2.60. The highest BCUT2D eigenvalue weighted by atomic mass is 32.1. The molecule has 6 heteroatoms. The SMILES string of the molecule is N#Cc1ccc(-c2cnc3sc(-c4ccc(C=O)cc4)nn23)cc1. The largest absolute Gasteiger partial charge is 0.298 e. The molecule has 4 rings (SSSR count). The Morgan fingerprint density at radius 2 is 1.75 bits per heavy atom. The Morgan fingerprint density at radius 3 is 2.42 bits per heavy atom. The lowest BCUT2D eigenvalue weighted by atomic mass is 10.1. The Labute approximate surface area is 141 Å². The van der Waals surface area contributed by atoms with Crippen molar-refractivity contribution in [2.75, 3.05) is 0 Å². The van der Waals surface area contributed by atoms with E-state index in [0.717, 1.165) is 33.1 Å². The number of carbonyl (C=O) groups excluding carboxylic acids is 1. The van der Waals surface area contributed by atoms with E-state index in [2.05, 4.69) is 16.2 Å². The van der Waals surface area contributed by atoms with Crippen LogP contribution >= 0.6 is 11.3 Å². The van der Waals surface area contributed by atoms with E-state index in [1.807, 2.05) is 24.3 Å². The third kappa shape index (κ3) is 2.37. The Morgan fingerprint density at radius 1 is 1.04 bits per heavy atom. The third-order valence-corrected chi connectivity index (χ3v) is 4.66. The molecule has 24 heavy (non-hydrogen) atoms. The second-order valence-corrected chi connectivity index (χ2v) is 6.13. The number of rotatable bonds is 3. The highest BCUT2D eigenvalue weighted by Crippen LogP contribution is 2.29. The maximum absolute atomic E-state index is 10.8. The number of fused-ring (bicyclic) bond motifs is 1. The van der Waals surface area contributed by atoms with Gasteiger partial charge in [-0.3, -0.25) is 4.79 Å². The number of carbonyl (C=O) groups is 1. The third-order valence-electron chi connectivity index (χ3n) is 3.69. The molecule has 4 aromatic rings. The molecule has 0 aliphatic carbocycles. The minimum absolute atomic E-state index is 0.619. The maximum atomic E-state index is 10.8. The molecule has 114 valence electrons. The van der Waals surface area contributed by atoms with Crippen LogP contribution in [0.4, 0.5) is 0 Å². The maximum Gasteiger partial charge on any atom is 0.213 e. The molecule has 2 aromatic heterocycles. The van der Waals surface area contributed by atoms with E-state index in [0.29, 0.717) is 11.1 Å². The second-order valence-electron chi connectivity index (χ2n) is 5.17. The lowest BCUT2D eigenvalue weighted by Crippen LogP contribution is -1.89. The van der Waals surface area contributed by atoms with Gasteiger partial charge in [-0.05, 0) is 12.1 Å². The summed E-state index contributed by atoms with van der Waals surface area (Å²) in [4.78, 5) is 16.0. The zero-order chi connectivity index (χ0) is 16.5. The summed E-state index contributed by atoms with van der Waals surface area (Å²) < 4.78 is 1.80. The molecule has 2 heterocycles. The van der Waals surface area contributed by atoms with E-state index in [9.17, 15) is 4.79 Å². The molecule has 2 aromatic carbocycles. The fourth-order valence-corrected chi connectivity index (χ4v) is 3.31. The lowest BCUT2D eigenvalue weighted by molar-refractivity contribution is 0.112. The van der Waals surface area contributed by atoms with Crippen molar-refractivity contribution in [3.05, 3.63) is 65.9 Å². The van der Waals surface area contributed by atoms with E-state index in [1.54, 1.807) is 35.0 Å². The monoisotopic (exact) mass is 330 g/mol. The number of hydrogen-bond acceptors (Lipinski definition) is 5. The van der Waals surface area contributed by atoms with Gasteiger partial charge in [-0.1, -0.05) is 47.7 Å². The molecule has 0 unspecified atom stereocenters. The van der Waals surface area contributed by atoms with Gasteiger partial charge in [0.2, 0.25) is 4.96 Å². The molecular formula is C18H10N4OS. The summed E-state index contributed by atoms with van der Waals surface area (Å²) in [7, 11) is 0. The number of hydrogen-bond donors (Lipinski definition) is 0. The van der Waals surface area contributed by atoms with Crippen LogP contribution in [-0.4, -0.2) is 20.9 Å². The topological polar surface area (TPSA) is 71.0 Å². The summed E-state index contributed by atoms with van der Waals surface area (Å²) in [5.41, 5.74) is 4.03. The van der Waals surface area contributed by atoms with E-state index < -0.39 is 0 Å². The van der Waals surface area contributed by atoms with Crippen molar-refractivity contribution in [1.82, 2.24) is 14.6 Å². The Balaban J connectivity index is 1.77. The molecule has 0 N–H and O–H groups in total. The quantitative estimate of drug-likeness (QED) is 0.536. The number of nitriles is 1. The molecule has 0 aliphatic rings. The van der Waals surface area contributed by atoms with Gasteiger partial charge in [0, 0.05) is 16.7 Å². The first-order valence-corrected chi connectivity index (χ1v) is 8.01. The molecule has 0 atom stereocenters. The van der Waals surface area contributed by atoms with Crippen molar-refractivity contribution in [2.45, 2.75) is 0 Å². The molecule has 0 aliphatic heterocycles. The highest BCUT2D eigenvalue weighted by Gasteiger charge is 2.12. The van der Waals surface area contributed by atoms with Gasteiger partial charge in [0.05, 0.1) is 23.5 Å². The van der Waals surface area contributed by atoms with Gasteiger partial charge >= 0.3 is 0 Å². The Hall–Kier alpha value is -3.30. The summed E-state index contributed by atoms with van der Waals surface area (Å²) in [6, 6.07) is 16.7. The first kappa shape index (κ1) is 14.3. The van der Waals surface area contributed by atoms with Crippen molar-refractivity contribution in [2.24, 2.45) is 0 Å². The summed E-state index contributed by atoms with van der Waals surface area (Å²) >= 11 is 1.49. The number of benzene rings is 2. The molecule has 0 saturated carbocycles. The number of aldehydes is 1. The van der Waals surface area contributed by atoms with E-state index in [-0.39, 0.29) is 0 Å². The Kier molecular flexibility index (Phi) is 3.41. The van der Waals surface area contributed by atoms with Crippen molar-refractivity contribution >= 4 is 22.6 Å². The van der Waals surface area contributed by atoms with Gasteiger partial charge in [-0.2, -0.15) is 10.4 Å². The first-order chi connectivity index (χ1) is 11.8. The van der Waals surface area contributed by atoms with E-state index in [4.69, 9.17) is 5.26 Å². The van der Waals surface area contributed by atoms with Crippen LogP contribution in [0.5, 0.6) is 0 Å².